The molecule has 0 aliphatic heterocycles. The summed E-state index contributed by atoms with van der Waals surface area (Å²) in [5.41, 5.74) is 1.33. The molecule has 1 atom stereocenters. The van der Waals surface area contributed by atoms with Gasteiger partial charge >= 0.3 is 0 Å². The van der Waals surface area contributed by atoms with Gasteiger partial charge in [-0.3, -0.25) is 14.9 Å². The van der Waals surface area contributed by atoms with E-state index in [4.69, 9.17) is 4.74 Å². The molecule has 3 aromatic rings. The number of nitrogens with one attached hydrogen (secondary N) is 2. The average Bonchev–Trinajstić information content (AvgIpc) is 3.16. The van der Waals surface area contributed by atoms with Crippen molar-refractivity contribution in [2.24, 2.45) is 0 Å². The molecule has 7 nitrogen and oxygen atoms in total. The van der Waals surface area contributed by atoms with E-state index in [0.717, 1.165) is 11.3 Å². The first-order valence-corrected chi connectivity index (χ1v) is 9.93. The molecule has 1 heterocycles. The second-order valence-electron chi connectivity index (χ2n) is 5.81. The van der Waals surface area contributed by atoms with Crippen LogP contribution in [-0.2, 0) is 4.79 Å². The standard InChI is InChI=1S/C19H17BrN4O3S/c1-11(21-17(26)14-5-3-4-6-15(14)20)16(25)22-19-24-23-18(28-19)12-7-9-13(27-2)10-8-12/h3-11H,1-2H3,(H,21,26)(H,22,24,25)/t11-/m0/s1. The number of hydrogen-bond acceptors (Lipinski definition) is 6. The fraction of sp³-hybridized carbons (Fsp3) is 0.158. The second-order valence-corrected chi connectivity index (χ2v) is 7.64. The number of nitrogens with zero attached hydrogens (tertiary/aromatic N) is 2. The van der Waals surface area contributed by atoms with E-state index in [1.54, 1.807) is 32.2 Å². The number of ether oxygens (including phenoxy) is 1. The van der Waals surface area contributed by atoms with E-state index in [9.17, 15) is 9.59 Å². The van der Waals surface area contributed by atoms with Crippen molar-refractivity contribution < 1.29 is 14.3 Å². The van der Waals surface area contributed by atoms with Gasteiger partial charge in [-0.05, 0) is 59.3 Å². The number of benzene rings is 2. The highest BCUT2D eigenvalue weighted by Crippen LogP contribution is 2.27. The number of hydrogen-bond donors (Lipinski definition) is 2. The fourth-order valence-electron chi connectivity index (χ4n) is 2.32. The Morgan fingerprint density at radius 2 is 1.82 bits per heavy atom. The second kappa shape index (κ2) is 8.94. The number of amides is 2. The zero-order valence-electron chi connectivity index (χ0n) is 15.1. The summed E-state index contributed by atoms with van der Waals surface area (Å²) >= 11 is 4.57. The average molecular weight is 461 g/mol. The monoisotopic (exact) mass is 460 g/mol. The van der Waals surface area contributed by atoms with Crippen LogP contribution in [0.3, 0.4) is 0 Å². The minimum absolute atomic E-state index is 0.341. The van der Waals surface area contributed by atoms with Crippen molar-refractivity contribution >= 4 is 44.2 Å². The molecule has 144 valence electrons. The Kier molecular flexibility index (Phi) is 6.37. The predicted molar refractivity (Wildman–Crippen MR) is 112 cm³/mol. The van der Waals surface area contributed by atoms with Crippen molar-refractivity contribution in [2.45, 2.75) is 13.0 Å². The maximum absolute atomic E-state index is 12.4. The molecule has 9 heteroatoms. The molecule has 2 aromatic carbocycles. The van der Waals surface area contributed by atoms with E-state index in [1.807, 2.05) is 30.3 Å². The van der Waals surface area contributed by atoms with Gasteiger partial charge in [0, 0.05) is 10.0 Å². The van der Waals surface area contributed by atoms with E-state index in [2.05, 4.69) is 36.8 Å². The molecule has 0 saturated carbocycles. The summed E-state index contributed by atoms with van der Waals surface area (Å²) in [6.45, 7) is 1.61. The van der Waals surface area contributed by atoms with Crippen LogP contribution >= 0.6 is 27.3 Å². The van der Waals surface area contributed by atoms with Crippen LogP contribution in [0.15, 0.2) is 53.0 Å². The molecular formula is C19H17BrN4O3S. The van der Waals surface area contributed by atoms with Gasteiger partial charge in [0.15, 0.2) is 0 Å². The quantitative estimate of drug-likeness (QED) is 0.584. The normalized spacial score (nSPS) is 11.5. The SMILES string of the molecule is COc1ccc(-c2nnc(NC(=O)[C@H](C)NC(=O)c3ccccc3Br)s2)cc1. The molecule has 0 saturated heterocycles. The maximum Gasteiger partial charge on any atom is 0.253 e. The van der Waals surface area contributed by atoms with Crippen LogP contribution in [0, 0.1) is 0 Å². The molecule has 0 fully saturated rings. The first-order valence-electron chi connectivity index (χ1n) is 8.32. The zero-order valence-corrected chi connectivity index (χ0v) is 17.5. The Bertz CT molecular complexity index is 991. The third kappa shape index (κ3) is 4.73. The minimum Gasteiger partial charge on any atom is -0.497 e. The maximum atomic E-state index is 12.4. The van der Waals surface area contributed by atoms with Crippen LogP contribution in [0.25, 0.3) is 10.6 Å². The molecular weight excluding hydrogens is 444 g/mol. The van der Waals surface area contributed by atoms with Crippen molar-refractivity contribution in [3.8, 4) is 16.3 Å². The molecule has 0 aliphatic rings. The summed E-state index contributed by atoms with van der Waals surface area (Å²) < 4.78 is 5.79. The van der Waals surface area contributed by atoms with E-state index in [-0.39, 0.29) is 11.8 Å². The zero-order chi connectivity index (χ0) is 20.1. The topological polar surface area (TPSA) is 93.2 Å². The van der Waals surface area contributed by atoms with Gasteiger partial charge in [0.1, 0.15) is 16.8 Å². The van der Waals surface area contributed by atoms with Crippen LogP contribution < -0.4 is 15.4 Å². The van der Waals surface area contributed by atoms with E-state index < -0.39 is 6.04 Å². The van der Waals surface area contributed by atoms with Gasteiger partial charge in [0.25, 0.3) is 5.91 Å². The third-order valence-electron chi connectivity index (χ3n) is 3.85. The third-order valence-corrected chi connectivity index (χ3v) is 5.43. The Hall–Kier alpha value is -2.78. The fourth-order valence-corrected chi connectivity index (χ4v) is 3.54. The van der Waals surface area contributed by atoms with Gasteiger partial charge in [-0.1, -0.05) is 23.5 Å². The molecule has 2 amide bonds. The molecule has 0 radical (unpaired) electrons. The van der Waals surface area contributed by atoms with Gasteiger partial charge in [0.2, 0.25) is 11.0 Å². The van der Waals surface area contributed by atoms with E-state index in [0.29, 0.717) is 20.2 Å². The van der Waals surface area contributed by atoms with Gasteiger partial charge in [-0.15, -0.1) is 10.2 Å². The Balaban J connectivity index is 1.62. The van der Waals surface area contributed by atoms with Gasteiger partial charge in [-0.25, -0.2) is 0 Å². The van der Waals surface area contributed by atoms with Crippen LogP contribution in [0.4, 0.5) is 5.13 Å². The number of carbonyl (C=O) groups is 2. The molecule has 3 rings (SSSR count). The Labute approximate surface area is 174 Å². The number of halogens is 1. The van der Waals surface area contributed by atoms with Crippen molar-refractivity contribution in [3.05, 3.63) is 58.6 Å². The first kappa shape index (κ1) is 20.0. The number of methoxy groups -OCH3 is 1. The number of rotatable bonds is 6. The number of carbonyl (C=O) groups excluding carboxylic acids is 2. The lowest BCUT2D eigenvalue weighted by atomic mass is 10.2. The summed E-state index contributed by atoms with van der Waals surface area (Å²) in [6, 6.07) is 13.7. The highest BCUT2D eigenvalue weighted by atomic mass is 79.9. The minimum atomic E-state index is -0.743. The highest BCUT2D eigenvalue weighted by Gasteiger charge is 2.19. The lowest BCUT2D eigenvalue weighted by Crippen LogP contribution is -2.41. The lowest BCUT2D eigenvalue weighted by molar-refractivity contribution is -0.117. The van der Waals surface area contributed by atoms with Crippen molar-refractivity contribution in [2.75, 3.05) is 12.4 Å². The molecule has 0 aliphatic carbocycles. The van der Waals surface area contributed by atoms with Crippen LogP contribution in [-0.4, -0.2) is 35.2 Å². The van der Waals surface area contributed by atoms with Crippen molar-refractivity contribution in [1.82, 2.24) is 15.5 Å². The van der Waals surface area contributed by atoms with Crippen molar-refractivity contribution in [1.29, 1.82) is 0 Å². The lowest BCUT2D eigenvalue weighted by Gasteiger charge is -2.13. The van der Waals surface area contributed by atoms with E-state index >= 15 is 0 Å². The summed E-state index contributed by atoms with van der Waals surface area (Å²) in [4.78, 5) is 24.7. The van der Waals surface area contributed by atoms with Crippen LogP contribution in [0.2, 0.25) is 0 Å². The van der Waals surface area contributed by atoms with Crippen molar-refractivity contribution in [3.63, 3.8) is 0 Å². The molecule has 28 heavy (non-hydrogen) atoms. The summed E-state index contributed by atoms with van der Waals surface area (Å²) in [7, 11) is 1.60. The van der Waals surface area contributed by atoms with Crippen LogP contribution in [0.1, 0.15) is 17.3 Å². The summed E-state index contributed by atoms with van der Waals surface area (Å²) in [5, 5.41) is 14.5. The predicted octanol–water partition coefficient (Wildman–Crippen LogP) is 3.73. The van der Waals surface area contributed by atoms with Gasteiger partial charge in [-0.2, -0.15) is 0 Å². The number of aromatic nitrogens is 2. The van der Waals surface area contributed by atoms with Crippen LogP contribution in [0.5, 0.6) is 5.75 Å². The Morgan fingerprint density at radius 3 is 2.50 bits per heavy atom. The van der Waals surface area contributed by atoms with Gasteiger partial charge < -0.3 is 10.1 Å². The highest BCUT2D eigenvalue weighted by molar-refractivity contribution is 9.10. The molecule has 2 N–H and O–H groups in total. The molecule has 0 spiro atoms. The summed E-state index contributed by atoms with van der Waals surface area (Å²) in [6.07, 6.45) is 0. The van der Waals surface area contributed by atoms with Gasteiger partial charge in [0.05, 0.1) is 12.7 Å². The summed E-state index contributed by atoms with van der Waals surface area (Å²) in [5.74, 6) is 0.0283. The largest absolute Gasteiger partial charge is 0.497 e. The number of anilines is 1. The first-order chi connectivity index (χ1) is 13.5. The molecule has 0 unspecified atom stereocenters. The smallest absolute Gasteiger partial charge is 0.253 e. The Morgan fingerprint density at radius 1 is 1.11 bits per heavy atom. The molecule has 1 aromatic heterocycles. The molecule has 0 bridgehead atoms. The van der Waals surface area contributed by atoms with E-state index in [1.165, 1.54) is 11.3 Å².